The molecule has 1 N–H and O–H groups in total. The minimum Gasteiger partial charge on any atom is -0.508 e. The lowest BCUT2D eigenvalue weighted by molar-refractivity contribution is -0.129. The molecule has 11 heavy (non-hydrogen) atoms. The molecule has 0 aliphatic carbocycles. The van der Waals surface area contributed by atoms with Crippen LogP contribution in [0.5, 0.6) is 5.75 Å². The highest BCUT2D eigenvalue weighted by molar-refractivity contribution is 5.37. The second-order valence-corrected chi connectivity index (χ2v) is 1.91. The van der Waals surface area contributed by atoms with Crippen LogP contribution in [0.1, 0.15) is 5.69 Å². The van der Waals surface area contributed by atoms with Gasteiger partial charge in [-0.3, -0.25) is 9.78 Å². The van der Waals surface area contributed by atoms with Crippen molar-refractivity contribution in [3.05, 3.63) is 24.0 Å². The van der Waals surface area contributed by atoms with E-state index in [1.807, 2.05) is 0 Å². The van der Waals surface area contributed by atoms with Gasteiger partial charge in [-0.1, -0.05) is 0 Å². The number of hydrogen-bond donors (Lipinski definition) is 1. The van der Waals surface area contributed by atoms with Gasteiger partial charge in [-0.2, -0.15) is 0 Å². The standard InChI is InChI=1S/C7H7NO3/c9-5-11-4-6-3-7(10)1-2-8-6/h1-3,5H,4H2,(H,8,10). The number of hydrogen-bond acceptors (Lipinski definition) is 4. The molecule has 0 atom stereocenters. The number of carbonyl (C=O) groups is 1. The summed E-state index contributed by atoms with van der Waals surface area (Å²) in [5, 5.41) is 8.93. The van der Waals surface area contributed by atoms with Crippen LogP contribution in [0.2, 0.25) is 0 Å². The largest absolute Gasteiger partial charge is 0.508 e. The van der Waals surface area contributed by atoms with Gasteiger partial charge >= 0.3 is 0 Å². The highest BCUT2D eigenvalue weighted by atomic mass is 16.5. The Hall–Kier alpha value is -1.58. The smallest absolute Gasteiger partial charge is 0.293 e. The molecule has 0 spiro atoms. The summed E-state index contributed by atoms with van der Waals surface area (Å²) in [5.74, 6) is 0.115. The van der Waals surface area contributed by atoms with E-state index in [0.29, 0.717) is 12.2 Å². The van der Waals surface area contributed by atoms with E-state index in [-0.39, 0.29) is 12.4 Å². The lowest BCUT2D eigenvalue weighted by Crippen LogP contribution is -1.92. The van der Waals surface area contributed by atoms with Crippen molar-refractivity contribution in [1.29, 1.82) is 0 Å². The maximum Gasteiger partial charge on any atom is 0.293 e. The molecule has 0 radical (unpaired) electrons. The zero-order chi connectivity index (χ0) is 8.10. The average molecular weight is 153 g/mol. The van der Waals surface area contributed by atoms with Crippen molar-refractivity contribution in [2.24, 2.45) is 0 Å². The molecule has 0 aromatic carbocycles. The molecular formula is C7H7NO3. The quantitative estimate of drug-likeness (QED) is 0.641. The fourth-order valence-corrected chi connectivity index (χ4v) is 0.664. The Balaban J connectivity index is 2.63. The van der Waals surface area contributed by atoms with Gasteiger partial charge in [-0.05, 0) is 6.07 Å². The second kappa shape index (κ2) is 3.55. The van der Waals surface area contributed by atoms with Crippen molar-refractivity contribution in [1.82, 2.24) is 4.98 Å². The van der Waals surface area contributed by atoms with Crippen LogP contribution in [0.4, 0.5) is 0 Å². The molecule has 4 nitrogen and oxygen atoms in total. The molecule has 1 rings (SSSR count). The van der Waals surface area contributed by atoms with Gasteiger partial charge in [0.1, 0.15) is 12.4 Å². The predicted molar refractivity (Wildman–Crippen MR) is 36.8 cm³/mol. The number of ether oxygens (including phenoxy) is 1. The van der Waals surface area contributed by atoms with Crippen molar-refractivity contribution >= 4 is 6.47 Å². The fraction of sp³-hybridized carbons (Fsp3) is 0.143. The summed E-state index contributed by atoms with van der Waals surface area (Å²) >= 11 is 0. The molecular weight excluding hydrogens is 146 g/mol. The topological polar surface area (TPSA) is 59.4 Å². The van der Waals surface area contributed by atoms with Crippen LogP contribution in [0, 0.1) is 0 Å². The van der Waals surface area contributed by atoms with Crippen LogP contribution in [-0.4, -0.2) is 16.6 Å². The van der Waals surface area contributed by atoms with Gasteiger partial charge in [0.2, 0.25) is 0 Å². The first-order valence-electron chi connectivity index (χ1n) is 3.02. The average Bonchev–Trinajstić information content (AvgIpc) is 2.01. The van der Waals surface area contributed by atoms with Crippen molar-refractivity contribution in [3.8, 4) is 5.75 Å². The third-order valence-corrected chi connectivity index (χ3v) is 1.10. The van der Waals surface area contributed by atoms with Gasteiger partial charge in [0, 0.05) is 12.3 Å². The molecule has 0 unspecified atom stereocenters. The highest BCUT2D eigenvalue weighted by Crippen LogP contribution is 2.07. The summed E-state index contributed by atoms with van der Waals surface area (Å²) in [5.41, 5.74) is 0.525. The van der Waals surface area contributed by atoms with Crippen LogP contribution < -0.4 is 0 Å². The molecule has 0 fully saturated rings. The summed E-state index contributed by atoms with van der Waals surface area (Å²) in [7, 11) is 0. The molecule has 0 saturated heterocycles. The minimum absolute atomic E-state index is 0.0951. The molecule has 0 amide bonds. The number of carbonyl (C=O) groups excluding carboxylic acids is 1. The minimum atomic E-state index is 0.0951. The monoisotopic (exact) mass is 153 g/mol. The number of aromatic hydroxyl groups is 1. The molecule has 1 heterocycles. The number of aromatic nitrogens is 1. The summed E-state index contributed by atoms with van der Waals surface area (Å²) in [6.07, 6.45) is 1.44. The van der Waals surface area contributed by atoms with Crippen LogP contribution in [-0.2, 0) is 16.1 Å². The van der Waals surface area contributed by atoms with Crippen LogP contribution in [0.15, 0.2) is 18.3 Å². The van der Waals surface area contributed by atoms with Gasteiger partial charge in [-0.15, -0.1) is 0 Å². The molecule has 1 aromatic rings. The van der Waals surface area contributed by atoms with Crippen LogP contribution in [0.25, 0.3) is 0 Å². The maximum absolute atomic E-state index is 9.75. The highest BCUT2D eigenvalue weighted by Gasteiger charge is 1.94. The van der Waals surface area contributed by atoms with E-state index in [1.54, 1.807) is 0 Å². The molecule has 0 bridgehead atoms. The fourth-order valence-electron chi connectivity index (χ4n) is 0.664. The molecule has 4 heteroatoms. The lowest BCUT2D eigenvalue weighted by Gasteiger charge is -1.97. The molecule has 0 aliphatic heterocycles. The van der Waals surface area contributed by atoms with Gasteiger partial charge < -0.3 is 9.84 Å². The predicted octanol–water partition coefficient (Wildman–Crippen LogP) is 0.460. The molecule has 0 aliphatic rings. The van der Waals surface area contributed by atoms with E-state index in [2.05, 4.69) is 9.72 Å². The Kier molecular flexibility index (Phi) is 2.43. The maximum atomic E-state index is 9.75. The van der Waals surface area contributed by atoms with Crippen molar-refractivity contribution < 1.29 is 14.6 Å². The van der Waals surface area contributed by atoms with Crippen molar-refractivity contribution in [3.63, 3.8) is 0 Å². The van der Waals surface area contributed by atoms with Gasteiger partial charge in [0.15, 0.2) is 0 Å². The normalized spacial score (nSPS) is 9.09. The number of nitrogens with zero attached hydrogens (tertiary/aromatic N) is 1. The SMILES string of the molecule is O=COCc1cc(O)ccn1. The Morgan fingerprint density at radius 1 is 1.73 bits per heavy atom. The first-order valence-corrected chi connectivity index (χ1v) is 3.02. The number of rotatable bonds is 3. The van der Waals surface area contributed by atoms with E-state index >= 15 is 0 Å². The van der Waals surface area contributed by atoms with Gasteiger partial charge in [-0.25, -0.2) is 0 Å². The Bertz CT molecular complexity index is 249. The summed E-state index contributed by atoms with van der Waals surface area (Å²) in [6, 6.07) is 2.88. The molecule has 58 valence electrons. The van der Waals surface area contributed by atoms with Crippen LogP contribution >= 0.6 is 0 Å². The molecule has 1 aromatic heterocycles. The summed E-state index contributed by atoms with van der Waals surface area (Å²) in [4.78, 5) is 13.6. The van der Waals surface area contributed by atoms with Crippen molar-refractivity contribution in [2.75, 3.05) is 0 Å². The Morgan fingerprint density at radius 3 is 3.18 bits per heavy atom. The number of pyridine rings is 1. The van der Waals surface area contributed by atoms with Crippen LogP contribution in [0.3, 0.4) is 0 Å². The van der Waals surface area contributed by atoms with E-state index in [4.69, 9.17) is 5.11 Å². The Morgan fingerprint density at radius 2 is 2.55 bits per heavy atom. The van der Waals surface area contributed by atoms with Gasteiger partial charge in [0.05, 0.1) is 5.69 Å². The molecule has 0 saturated carbocycles. The van der Waals surface area contributed by atoms with E-state index < -0.39 is 0 Å². The van der Waals surface area contributed by atoms with Crippen molar-refractivity contribution in [2.45, 2.75) is 6.61 Å². The third kappa shape index (κ3) is 2.25. The first-order chi connectivity index (χ1) is 5.33. The first kappa shape index (κ1) is 7.53. The van der Waals surface area contributed by atoms with Gasteiger partial charge in [0.25, 0.3) is 6.47 Å². The zero-order valence-corrected chi connectivity index (χ0v) is 5.73. The summed E-state index contributed by atoms with van der Waals surface area (Å²) < 4.78 is 4.42. The van der Waals surface area contributed by atoms with E-state index in [0.717, 1.165) is 0 Å². The van der Waals surface area contributed by atoms with E-state index in [9.17, 15) is 4.79 Å². The van der Waals surface area contributed by atoms with E-state index in [1.165, 1.54) is 18.3 Å². The summed E-state index contributed by atoms with van der Waals surface area (Å²) in [6.45, 7) is 0.434. The zero-order valence-electron chi connectivity index (χ0n) is 5.73. The Labute approximate surface area is 63.5 Å². The second-order valence-electron chi connectivity index (χ2n) is 1.91. The third-order valence-electron chi connectivity index (χ3n) is 1.10. The lowest BCUT2D eigenvalue weighted by atomic mass is 10.3.